The molecule has 1 aromatic carbocycles. The molecule has 3 aliphatic rings. The molecule has 4 rings (SSSR count). The van der Waals surface area contributed by atoms with E-state index in [4.69, 9.17) is 0 Å². The minimum atomic E-state index is 0.671. The fourth-order valence-corrected chi connectivity index (χ4v) is 4.40. The van der Waals surface area contributed by atoms with Gasteiger partial charge in [0.25, 0.3) is 0 Å². The molecule has 0 atom stereocenters. The molecule has 0 radical (unpaired) electrons. The molecule has 1 spiro atoms. The van der Waals surface area contributed by atoms with E-state index in [1.54, 1.807) is 0 Å². The summed E-state index contributed by atoms with van der Waals surface area (Å²) in [6.07, 6.45) is 11.3. The summed E-state index contributed by atoms with van der Waals surface area (Å²) in [5.41, 5.74) is 5.02. The van der Waals surface area contributed by atoms with Crippen LogP contribution in [-0.2, 0) is 6.42 Å². The van der Waals surface area contributed by atoms with E-state index in [-0.39, 0.29) is 0 Å². The third-order valence-electron chi connectivity index (χ3n) is 5.61. The van der Waals surface area contributed by atoms with E-state index in [1.807, 2.05) is 0 Å². The zero-order valence-electron chi connectivity index (χ0n) is 12.5. The molecular weight excluding hydrogens is 244 g/mol. The summed E-state index contributed by atoms with van der Waals surface area (Å²) in [5.74, 6) is 0. The van der Waals surface area contributed by atoms with Crippen LogP contribution in [0.2, 0.25) is 0 Å². The van der Waals surface area contributed by atoms with Gasteiger partial charge in [0, 0.05) is 36.4 Å². The number of benzene rings is 1. The first kappa shape index (κ1) is 12.6. The van der Waals surface area contributed by atoms with Crippen molar-refractivity contribution < 1.29 is 0 Å². The van der Waals surface area contributed by atoms with Crippen LogP contribution in [0.3, 0.4) is 0 Å². The normalized spacial score (nSPS) is 24.5. The highest BCUT2D eigenvalue weighted by Crippen LogP contribution is 2.45. The molecule has 20 heavy (non-hydrogen) atoms. The van der Waals surface area contributed by atoms with E-state index in [9.17, 15) is 0 Å². The lowest BCUT2D eigenvalue weighted by molar-refractivity contribution is 0.180. The summed E-state index contributed by atoms with van der Waals surface area (Å²) in [5, 5.41) is 3.51. The molecule has 2 heteroatoms. The van der Waals surface area contributed by atoms with Crippen molar-refractivity contribution in [3.05, 3.63) is 23.8 Å². The third kappa shape index (κ3) is 2.19. The Morgan fingerprint density at radius 1 is 0.950 bits per heavy atom. The van der Waals surface area contributed by atoms with Crippen LogP contribution in [0.25, 0.3) is 0 Å². The molecule has 108 valence electrons. The van der Waals surface area contributed by atoms with Crippen molar-refractivity contribution in [1.82, 2.24) is 0 Å². The fourth-order valence-electron chi connectivity index (χ4n) is 4.40. The summed E-state index contributed by atoms with van der Waals surface area (Å²) in [6, 6.07) is 7.05. The van der Waals surface area contributed by atoms with Crippen molar-refractivity contribution in [3.63, 3.8) is 0 Å². The maximum absolute atomic E-state index is 3.51. The first-order valence-electron chi connectivity index (χ1n) is 8.47. The number of nitrogens with one attached hydrogen (secondary N) is 1. The number of hydrogen-bond donors (Lipinski definition) is 1. The van der Waals surface area contributed by atoms with E-state index in [2.05, 4.69) is 28.4 Å². The second kappa shape index (κ2) is 4.98. The molecule has 0 unspecified atom stereocenters. The summed E-state index contributed by atoms with van der Waals surface area (Å²) in [6.45, 7) is 3.75. The molecule has 1 saturated heterocycles. The predicted octanol–water partition coefficient (Wildman–Crippen LogP) is 4.21. The Balaban J connectivity index is 1.47. The van der Waals surface area contributed by atoms with Gasteiger partial charge in [0.15, 0.2) is 0 Å². The van der Waals surface area contributed by atoms with Crippen LogP contribution in [0.4, 0.5) is 11.4 Å². The van der Waals surface area contributed by atoms with Crippen LogP contribution in [0.5, 0.6) is 0 Å². The van der Waals surface area contributed by atoms with Crippen molar-refractivity contribution in [2.45, 2.75) is 51.4 Å². The van der Waals surface area contributed by atoms with E-state index in [0.717, 1.165) is 6.54 Å². The molecule has 2 nitrogen and oxygen atoms in total. The highest BCUT2D eigenvalue weighted by molar-refractivity contribution is 5.62. The lowest BCUT2D eigenvalue weighted by Gasteiger charge is -2.52. The molecule has 2 aliphatic heterocycles. The molecule has 1 N–H and O–H groups in total. The first-order valence-corrected chi connectivity index (χ1v) is 8.47. The molecule has 1 aromatic rings. The highest BCUT2D eigenvalue weighted by Gasteiger charge is 2.42. The molecular formula is C18H26N2. The molecule has 2 fully saturated rings. The van der Waals surface area contributed by atoms with E-state index in [0.29, 0.717) is 5.41 Å². The van der Waals surface area contributed by atoms with Gasteiger partial charge in [0.2, 0.25) is 0 Å². The van der Waals surface area contributed by atoms with Crippen molar-refractivity contribution >= 4 is 11.4 Å². The second-order valence-corrected chi connectivity index (χ2v) is 7.14. The maximum atomic E-state index is 3.51. The number of hydrogen-bond acceptors (Lipinski definition) is 2. The molecule has 2 heterocycles. The largest absolute Gasteiger partial charge is 0.385 e. The summed E-state index contributed by atoms with van der Waals surface area (Å²) in [7, 11) is 0. The molecule has 1 aliphatic carbocycles. The Labute approximate surface area is 122 Å². The van der Waals surface area contributed by atoms with Gasteiger partial charge in [-0.05, 0) is 49.4 Å². The van der Waals surface area contributed by atoms with E-state index in [1.165, 1.54) is 81.4 Å². The third-order valence-corrected chi connectivity index (χ3v) is 5.61. The van der Waals surface area contributed by atoms with Gasteiger partial charge in [-0.15, -0.1) is 0 Å². The van der Waals surface area contributed by atoms with Crippen LogP contribution < -0.4 is 10.2 Å². The van der Waals surface area contributed by atoms with Crippen LogP contribution in [0.15, 0.2) is 18.2 Å². The SMILES string of the molecule is c1cc2c(cc1N1CC3(CCCCCC3)C1)CCCN2. The van der Waals surface area contributed by atoms with Gasteiger partial charge in [0.05, 0.1) is 0 Å². The van der Waals surface area contributed by atoms with Crippen LogP contribution >= 0.6 is 0 Å². The summed E-state index contributed by atoms with van der Waals surface area (Å²) < 4.78 is 0. The van der Waals surface area contributed by atoms with Gasteiger partial charge in [0.1, 0.15) is 0 Å². The lowest BCUT2D eigenvalue weighted by atomic mass is 9.73. The zero-order chi connectivity index (χ0) is 13.4. The van der Waals surface area contributed by atoms with Crippen LogP contribution in [-0.4, -0.2) is 19.6 Å². The predicted molar refractivity (Wildman–Crippen MR) is 85.6 cm³/mol. The average molecular weight is 270 g/mol. The number of aryl methyl sites for hydroxylation is 1. The molecule has 0 bridgehead atoms. The Morgan fingerprint density at radius 3 is 2.55 bits per heavy atom. The summed E-state index contributed by atoms with van der Waals surface area (Å²) >= 11 is 0. The van der Waals surface area contributed by atoms with Gasteiger partial charge in [-0.25, -0.2) is 0 Å². The van der Waals surface area contributed by atoms with Gasteiger partial charge >= 0.3 is 0 Å². The summed E-state index contributed by atoms with van der Waals surface area (Å²) in [4.78, 5) is 2.61. The second-order valence-electron chi connectivity index (χ2n) is 7.14. The van der Waals surface area contributed by atoms with Gasteiger partial charge in [-0.1, -0.05) is 25.7 Å². The Bertz CT molecular complexity index is 478. The maximum Gasteiger partial charge on any atom is 0.0374 e. The van der Waals surface area contributed by atoms with Gasteiger partial charge < -0.3 is 10.2 Å². The minimum absolute atomic E-state index is 0.671. The highest BCUT2D eigenvalue weighted by atomic mass is 15.2. The number of nitrogens with zero attached hydrogens (tertiary/aromatic N) is 1. The Hall–Kier alpha value is -1.18. The molecule has 0 aromatic heterocycles. The minimum Gasteiger partial charge on any atom is -0.385 e. The van der Waals surface area contributed by atoms with Crippen molar-refractivity contribution in [1.29, 1.82) is 0 Å². The van der Waals surface area contributed by atoms with E-state index >= 15 is 0 Å². The molecule has 0 amide bonds. The first-order chi connectivity index (χ1) is 9.85. The van der Waals surface area contributed by atoms with Gasteiger partial charge in [-0.3, -0.25) is 0 Å². The topological polar surface area (TPSA) is 15.3 Å². The number of anilines is 2. The zero-order valence-corrected chi connectivity index (χ0v) is 12.5. The number of rotatable bonds is 1. The lowest BCUT2D eigenvalue weighted by Crippen LogP contribution is -2.56. The van der Waals surface area contributed by atoms with E-state index < -0.39 is 0 Å². The Kier molecular flexibility index (Phi) is 3.13. The number of fused-ring (bicyclic) bond motifs is 1. The average Bonchev–Trinajstić information content (AvgIpc) is 2.71. The van der Waals surface area contributed by atoms with Crippen molar-refractivity contribution in [2.24, 2.45) is 5.41 Å². The Morgan fingerprint density at radius 2 is 1.75 bits per heavy atom. The van der Waals surface area contributed by atoms with Crippen LogP contribution in [0, 0.1) is 5.41 Å². The molecule has 1 saturated carbocycles. The fraction of sp³-hybridized carbons (Fsp3) is 0.667. The van der Waals surface area contributed by atoms with Gasteiger partial charge in [-0.2, -0.15) is 0 Å². The smallest absolute Gasteiger partial charge is 0.0374 e. The van der Waals surface area contributed by atoms with Crippen molar-refractivity contribution in [3.8, 4) is 0 Å². The van der Waals surface area contributed by atoms with Crippen LogP contribution in [0.1, 0.15) is 50.5 Å². The quantitative estimate of drug-likeness (QED) is 0.822. The van der Waals surface area contributed by atoms with Crippen molar-refractivity contribution in [2.75, 3.05) is 29.9 Å². The standard InChI is InChI=1S/C18H26N2/c1-2-4-10-18(9-3-1)13-20(14-18)16-7-8-17-15(12-16)6-5-11-19-17/h7-8,12,19H,1-6,9-11,13-14H2. The monoisotopic (exact) mass is 270 g/mol.